The SMILES string of the molecule is [2H]C([2H])([2H])c1ccc(-c2ccnc(-c3[c-]c(-c4cccc5c4nc(-c4cc(C(C)(C)C)cc(C(C)(C)C)c4O)n5-c4ccc(C([2H])([2H])C5CCCC5)cc4-c4ccccc4)cc(C(C)(C)C)c3)c2)cc1.[Pt]. The Morgan fingerprint density at radius 1 is 0.667 bits per heavy atom. The maximum absolute atomic E-state index is 12.6. The van der Waals surface area contributed by atoms with Gasteiger partial charge in [0.25, 0.3) is 0 Å². The summed E-state index contributed by atoms with van der Waals surface area (Å²) < 4.78 is 44.8. The molecule has 66 heavy (non-hydrogen) atoms. The minimum atomic E-state index is -2.19. The molecule has 1 saturated carbocycles. The van der Waals surface area contributed by atoms with Crippen LogP contribution < -0.4 is 0 Å². The van der Waals surface area contributed by atoms with Crippen LogP contribution in [-0.4, -0.2) is 19.6 Å². The summed E-state index contributed by atoms with van der Waals surface area (Å²) in [6.07, 6.45) is 4.09. The molecule has 1 aliphatic carbocycles. The molecular weight excluding hydrogens is 986 g/mol. The Bertz CT molecular complexity index is 3240. The van der Waals surface area contributed by atoms with E-state index in [-0.39, 0.29) is 43.6 Å². The Balaban J connectivity index is 0.00000676. The van der Waals surface area contributed by atoms with Crippen LogP contribution in [0.25, 0.3) is 72.7 Å². The van der Waals surface area contributed by atoms with E-state index < -0.39 is 18.6 Å². The zero-order chi connectivity index (χ0) is 50.1. The minimum Gasteiger partial charge on any atom is -0.507 e. The van der Waals surface area contributed by atoms with Gasteiger partial charge in [-0.15, -0.1) is 29.3 Å². The van der Waals surface area contributed by atoms with Gasteiger partial charge < -0.3 is 5.11 Å². The predicted octanol–water partition coefficient (Wildman–Crippen LogP) is 16.2. The molecule has 8 aromatic rings. The normalized spacial score (nSPS) is 15.1. The zero-order valence-corrected chi connectivity index (χ0v) is 42.0. The molecule has 0 radical (unpaired) electrons. The van der Waals surface area contributed by atoms with Gasteiger partial charge in [0.2, 0.25) is 0 Å². The number of benzene rings is 6. The van der Waals surface area contributed by atoms with Crippen LogP contribution in [0.1, 0.15) is 123 Å². The van der Waals surface area contributed by atoms with Crippen molar-refractivity contribution in [3.63, 3.8) is 0 Å². The number of aromatic hydroxyl groups is 1. The molecule has 0 aliphatic heterocycles. The number of hydrogen-bond donors (Lipinski definition) is 1. The van der Waals surface area contributed by atoms with E-state index >= 15 is 0 Å². The van der Waals surface area contributed by atoms with Gasteiger partial charge in [-0.3, -0.25) is 9.55 Å². The van der Waals surface area contributed by atoms with Crippen molar-refractivity contribution in [2.75, 3.05) is 0 Å². The van der Waals surface area contributed by atoms with Gasteiger partial charge in [-0.2, -0.15) is 0 Å². The number of nitrogens with zero attached hydrogens (tertiary/aromatic N) is 3. The molecule has 9 rings (SSSR count). The molecule has 1 N–H and O–H groups in total. The molecule has 0 atom stereocenters. The van der Waals surface area contributed by atoms with Crippen molar-refractivity contribution in [3.05, 3.63) is 167 Å². The van der Waals surface area contributed by atoms with Crippen molar-refractivity contribution >= 4 is 11.0 Å². The smallest absolute Gasteiger partial charge is 0.148 e. The number of aromatic nitrogens is 3. The first-order valence-corrected chi connectivity index (χ1v) is 23.2. The first kappa shape index (κ1) is 40.7. The number of imidazole rings is 1. The number of fused-ring (bicyclic) bond motifs is 1. The molecule has 340 valence electrons. The predicted molar refractivity (Wildman–Crippen MR) is 273 cm³/mol. The van der Waals surface area contributed by atoms with Crippen LogP contribution >= 0.6 is 0 Å². The Kier molecular flexibility index (Phi) is 11.3. The molecule has 0 bridgehead atoms. The van der Waals surface area contributed by atoms with Crippen LogP contribution in [0.5, 0.6) is 5.75 Å². The number of phenols is 1. The van der Waals surface area contributed by atoms with Crippen LogP contribution in [0, 0.1) is 18.8 Å². The number of pyridine rings is 1. The molecule has 2 aromatic heterocycles. The Labute approximate surface area is 414 Å². The average Bonchev–Trinajstić information content (AvgIpc) is 4.01. The molecule has 0 amide bonds. The summed E-state index contributed by atoms with van der Waals surface area (Å²) in [5.41, 5.74) is 12.9. The van der Waals surface area contributed by atoms with E-state index in [0.29, 0.717) is 22.5 Å². The fourth-order valence-electron chi connectivity index (χ4n) is 9.23. The van der Waals surface area contributed by atoms with Gasteiger partial charge in [-0.05, 0) is 93.5 Å². The van der Waals surface area contributed by atoms with Crippen LogP contribution in [0.2, 0.25) is 0 Å². The second kappa shape index (κ2) is 18.3. The van der Waals surface area contributed by atoms with E-state index in [4.69, 9.17) is 14.1 Å². The van der Waals surface area contributed by atoms with Crippen LogP contribution in [0.15, 0.2) is 134 Å². The zero-order valence-electron chi connectivity index (χ0n) is 44.7. The summed E-state index contributed by atoms with van der Waals surface area (Å²) in [5.74, 6) is 0.697. The van der Waals surface area contributed by atoms with Crippen molar-refractivity contribution in [2.24, 2.45) is 5.92 Å². The fraction of sp³-hybridized carbons (Fsp3) is 0.311. The summed E-state index contributed by atoms with van der Waals surface area (Å²) in [7, 11) is 0. The van der Waals surface area contributed by atoms with Gasteiger partial charge in [0.1, 0.15) is 11.6 Å². The maximum atomic E-state index is 12.6. The Morgan fingerprint density at radius 3 is 2.05 bits per heavy atom. The third-order valence-corrected chi connectivity index (χ3v) is 13.0. The van der Waals surface area contributed by atoms with Crippen LogP contribution in [-0.2, 0) is 43.7 Å². The van der Waals surface area contributed by atoms with Crippen LogP contribution in [0.3, 0.4) is 0 Å². The summed E-state index contributed by atoms with van der Waals surface area (Å²) >= 11 is 0. The first-order chi connectivity index (χ1) is 32.9. The van der Waals surface area contributed by atoms with E-state index in [0.717, 1.165) is 104 Å². The molecule has 6 aromatic carbocycles. The molecule has 0 unspecified atom stereocenters. The van der Waals surface area contributed by atoms with Gasteiger partial charge >= 0.3 is 0 Å². The summed E-state index contributed by atoms with van der Waals surface area (Å²) in [6, 6.07) is 45.8. The minimum absolute atomic E-state index is 0. The van der Waals surface area contributed by atoms with Gasteiger partial charge in [0.05, 0.1) is 22.3 Å². The third kappa shape index (κ3) is 9.50. The monoisotopic (exact) mass is 1050 g/mol. The second-order valence-electron chi connectivity index (χ2n) is 21.0. The number of hydrogen-bond acceptors (Lipinski definition) is 3. The standard InChI is InChI=1S/C61H64N3O.Pt/c1-39-23-26-42(27-24-39)44-29-30-62-53(36-44)46-33-45(34-47(35-46)59(2,3)4)49-21-16-22-55-56(49)63-58(51-37-48(60(5,6)7)38-52(57(51)65)61(8,9)10)64(55)54-28-25-41(31-40-17-14-15-18-40)32-50(54)43-19-12-11-13-20-43;/h11-13,16,19-30,32,34-38,40,65H,14-15,17-18,31H2,1-10H3;/q-1;/i1D3,31D2;. The van der Waals surface area contributed by atoms with Gasteiger partial charge in [-0.1, -0.05) is 190 Å². The van der Waals surface area contributed by atoms with Gasteiger partial charge in [0.15, 0.2) is 0 Å². The Hall–Kier alpha value is -5.57. The molecule has 4 nitrogen and oxygen atoms in total. The van der Waals surface area contributed by atoms with E-state index in [1.54, 1.807) is 18.3 Å². The van der Waals surface area contributed by atoms with E-state index in [1.165, 1.54) is 0 Å². The van der Waals surface area contributed by atoms with Crippen molar-refractivity contribution in [1.82, 2.24) is 14.5 Å². The van der Waals surface area contributed by atoms with Gasteiger partial charge in [-0.25, -0.2) is 4.98 Å². The van der Waals surface area contributed by atoms with Crippen LogP contribution in [0.4, 0.5) is 0 Å². The number of aryl methyl sites for hydroxylation is 1. The Morgan fingerprint density at radius 2 is 1.36 bits per heavy atom. The van der Waals surface area contributed by atoms with E-state index in [2.05, 4.69) is 134 Å². The molecule has 0 saturated heterocycles. The molecule has 1 aliphatic rings. The molecule has 0 spiro atoms. The first-order valence-electron chi connectivity index (χ1n) is 25.7. The van der Waals surface area contributed by atoms with Crippen molar-refractivity contribution in [1.29, 1.82) is 0 Å². The summed E-state index contributed by atoms with van der Waals surface area (Å²) in [5, 5.41) is 12.6. The summed E-state index contributed by atoms with van der Waals surface area (Å²) in [4.78, 5) is 10.5. The average molecular weight is 1060 g/mol. The van der Waals surface area contributed by atoms with Crippen molar-refractivity contribution in [2.45, 2.75) is 117 Å². The molecule has 2 heterocycles. The van der Waals surface area contributed by atoms with E-state index in [1.807, 2.05) is 54.6 Å². The molecule has 1 fully saturated rings. The molecule has 5 heteroatoms. The maximum Gasteiger partial charge on any atom is 0.148 e. The van der Waals surface area contributed by atoms with E-state index in [9.17, 15) is 7.85 Å². The fourth-order valence-corrected chi connectivity index (χ4v) is 9.23. The second-order valence-corrected chi connectivity index (χ2v) is 21.0. The number of rotatable bonds is 8. The van der Waals surface area contributed by atoms with Crippen molar-refractivity contribution < 1.29 is 33.0 Å². The number of phenolic OH excluding ortho intramolecular Hbond substituents is 1. The molecular formula is C61H64N3OPt-. The topological polar surface area (TPSA) is 50.9 Å². The third-order valence-electron chi connectivity index (χ3n) is 13.0. The van der Waals surface area contributed by atoms with Gasteiger partial charge in [0, 0.05) is 50.9 Å². The quantitative estimate of drug-likeness (QED) is 0.154. The number of para-hydroxylation sites is 1. The largest absolute Gasteiger partial charge is 0.507 e. The van der Waals surface area contributed by atoms with Crippen molar-refractivity contribution in [3.8, 4) is 67.5 Å². The summed E-state index contributed by atoms with van der Waals surface area (Å²) in [6.45, 7) is 17.4.